The molecule has 2 aromatic heterocycles. The predicted molar refractivity (Wildman–Crippen MR) is 77.4 cm³/mol. The summed E-state index contributed by atoms with van der Waals surface area (Å²) in [4.78, 5) is 20.0. The number of hydrogen-bond donors (Lipinski definition) is 1. The molecular formula is C12H12BrClN4O. The number of aryl methyl sites for hydroxylation is 1. The molecule has 0 aliphatic heterocycles. The molecule has 1 amide bonds. The van der Waals surface area contributed by atoms with Gasteiger partial charge in [-0.3, -0.25) is 4.79 Å². The van der Waals surface area contributed by atoms with Gasteiger partial charge in [0.2, 0.25) is 0 Å². The third-order valence-electron chi connectivity index (χ3n) is 2.42. The Balaban J connectivity index is 2.17. The lowest BCUT2D eigenvalue weighted by Gasteiger charge is -2.07. The Hall–Kier alpha value is -1.40. The molecule has 0 bridgehead atoms. The van der Waals surface area contributed by atoms with Gasteiger partial charge in [0.25, 0.3) is 5.91 Å². The van der Waals surface area contributed by atoms with E-state index in [4.69, 9.17) is 11.6 Å². The Morgan fingerprint density at radius 3 is 2.89 bits per heavy atom. The average Bonchev–Trinajstić information content (AvgIpc) is 2.74. The zero-order valence-corrected chi connectivity index (χ0v) is 12.6. The molecule has 0 spiro atoms. The molecule has 0 aliphatic rings. The first-order valence-electron chi connectivity index (χ1n) is 5.74. The van der Waals surface area contributed by atoms with Crippen molar-refractivity contribution in [3.05, 3.63) is 40.0 Å². The minimum absolute atomic E-state index is 0.226. The fraction of sp³-hybridized carbons (Fsp3) is 0.250. The molecule has 0 fully saturated rings. The van der Waals surface area contributed by atoms with E-state index in [0.29, 0.717) is 11.5 Å². The van der Waals surface area contributed by atoms with Crippen molar-refractivity contribution < 1.29 is 4.79 Å². The molecule has 100 valence electrons. The highest BCUT2D eigenvalue weighted by Gasteiger charge is 2.13. The summed E-state index contributed by atoms with van der Waals surface area (Å²) in [5.41, 5.74) is 0.575. The van der Waals surface area contributed by atoms with Gasteiger partial charge in [-0.05, 0) is 28.4 Å². The van der Waals surface area contributed by atoms with Crippen molar-refractivity contribution in [1.29, 1.82) is 0 Å². The molecule has 1 N–H and O–H groups in total. The van der Waals surface area contributed by atoms with Gasteiger partial charge in [0.1, 0.15) is 10.8 Å². The van der Waals surface area contributed by atoms with Gasteiger partial charge in [0.05, 0.1) is 12.4 Å². The summed E-state index contributed by atoms with van der Waals surface area (Å²) in [5, 5.41) is 2.97. The predicted octanol–water partition coefficient (Wildman–Crippen LogP) is 3.36. The van der Waals surface area contributed by atoms with Crippen LogP contribution in [0.5, 0.6) is 0 Å². The maximum absolute atomic E-state index is 12.2. The lowest BCUT2D eigenvalue weighted by atomic mass is 10.3. The van der Waals surface area contributed by atoms with Gasteiger partial charge < -0.3 is 9.88 Å². The number of amides is 1. The highest BCUT2D eigenvalue weighted by Crippen LogP contribution is 2.17. The first kappa shape index (κ1) is 14.0. The van der Waals surface area contributed by atoms with E-state index in [0.717, 1.165) is 17.4 Å². The van der Waals surface area contributed by atoms with Crippen molar-refractivity contribution in [3.8, 4) is 0 Å². The van der Waals surface area contributed by atoms with Crippen molar-refractivity contribution in [3.63, 3.8) is 0 Å². The van der Waals surface area contributed by atoms with Crippen LogP contribution < -0.4 is 5.32 Å². The van der Waals surface area contributed by atoms with Crippen LogP contribution in [0, 0.1) is 0 Å². The largest absolute Gasteiger partial charge is 0.342 e. The van der Waals surface area contributed by atoms with E-state index >= 15 is 0 Å². The monoisotopic (exact) mass is 342 g/mol. The lowest BCUT2D eigenvalue weighted by molar-refractivity contribution is 0.101. The van der Waals surface area contributed by atoms with Gasteiger partial charge in [-0.15, -0.1) is 0 Å². The second kappa shape index (κ2) is 6.16. The zero-order chi connectivity index (χ0) is 13.8. The second-order valence-corrected chi connectivity index (χ2v) is 5.22. The summed E-state index contributed by atoms with van der Waals surface area (Å²) in [7, 11) is 0. The molecule has 0 unspecified atom stereocenters. The molecule has 2 heterocycles. The van der Waals surface area contributed by atoms with Crippen molar-refractivity contribution in [2.24, 2.45) is 0 Å². The van der Waals surface area contributed by atoms with E-state index in [9.17, 15) is 4.79 Å². The van der Waals surface area contributed by atoms with Crippen LogP contribution in [-0.4, -0.2) is 20.4 Å². The summed E-state index contributed by atoms with van der Waals surface area (Å²) in [5.74, 6) is 0.144. The number of anilines is 1. The quantitative estimate of drug-likeness (QED) is 0.926. The van der Waals surface area contributed by atoms with E-state index in [2.05, 4.69) is 38.1 Å². The molecular weight excluding hydrogens is 332 g/mol. The molecule has 19 heavy (non-hydrogen) atoms. The van der Waals surface area contributed by atoms with Crippen LogP contribution in [0.15, 0.2) is 29.1 Å². The van der Waals surface area contributed by atoms with Gasteiger partial charge in [0, 0.05) is 17.2 Å². The molecule has 0 atom stereocenters. The Morgan fingerprint density at radius 1 is 1.47 bits per heavy atom. The van der Waals surface area contributed by atoms with E-state index < -0.39 is 0 Å². The number of aromatic nitrogens is 3. The Morgan fingerprint density at radius 2 is 2.26 bits per heavy atom. The molecule has 7 heteroatoms. The number of carbonyl (C=O) groups excluding carboxylic acids is 1. The normalized spacial score (nSPS) is 10.5. The third-order valence-corrected chi connectivity index (χ3v) is 3.05. The zero-order valence-electron chi connectivity index (χ0n) is 10.2. The van der Waals surface area contributed by atoms with Gasteiger partial charge in [-0.1, -0.05) is 18.5 Å². The first-order valence-corrected chi connectivity index (χ1v) is 6.92. The molecule has 2 aromatic rings. The Labute approximate surface area is 124 Å². The summed E-state index contributed by atoms with van der Waals surface area (Å²) < 4.78 is 2.76. The average molecular weight is 344 g/mol. The number of nitrogens with one attached hydrogen (secondary N) is 1. The maximum atomic E-state index is 12.2. The van der Waals surface area contributed by atoms with Gasteiger partial charge >= 0.3 is 0 Å². The van der Waals surface area contributed by atoms with Gasteiger partial charge in [0.15, 0.2) is 5.82 Å². The number of carbonyl (C=O) groups is 1. The van der Waals surface area contributed by atoms with Crippen LogP contribution in [0.4, 0.5) is 5.82 Å². The van der Waals surface area contributed by atoms with Crippen LogP contribution in [0.1, 0.15) is 23.8 Å². The fourth-order valence-electron chi connectivity index (χ4n) is 1.65. The molecule has 2 rings (SSSR count). The van der Waals surface area contributed by atoms with Crippen LogP contribution in [0.25, 0.3) is 0 Å². The summed E-state index contributed by atoms with van der Waals surface area (Å²) >= 11 is 9.01. The molecule has 0 saturated heterocycles. The maximum Gasteiger partial charge on any atom is 0.273 e. The number of halogens is 2. The standard InChI is InChI=1S/C12H12BrClN4O/c1-2-3-18-7-8(13)4-9(18)12(19)17-11-6-15-10(14)5-16-11/h4-7H,2-3H2,1H3,(H,16,17,19). The van der Waals surface area contributed by atoms with E-state index in [1.54, 1.807) is 6.07 Å². The summed E-state index contributed by atoms with van der Waals surface area (Å²) in [6.07, 6.45) is 5.63. The van der Waals surface area contributed by atoms with Crippen molar-refractivity contribution in [1.82, 2.24) is 14.5 Å². The Bertz CT molecular complexity index is 582. The fourth-order valence-corrected chi connectivity index (χ4v) is 2.21. The second-order valence-electron chi connectivity index (χ2n) is 3.92. The Kier molecular flexibility index (Phi) is 4.55. The minimum Gasteiger partial charge on any atom is -0.342 e. The molecule has 0 saturated carbocycles. The van der Waals surface area contributed by atoms with Crippen LogP contribution in [-0.2, 0) is 6.54 Å². The number of rotatable bonds is 4. The first-order chi connectivity index (χ1) is 9.10. The summed E-state index contributed by atoms with van der Waals surface area (Å²) in [6, 6.07) is 1.77. The minimum atomic E-state index is -0.226. The van der Waals surface area contributed by atoms with Crippen molar-refractivity contribution in [2.75, 3.05) is 5.32 Å². The highest BCUT2D eigenvalue weighted by molar-refractivity contribution is 9.10. The van der Waals surface area contributed by atoms with Gasteiger partial charge in [-0.25, -0.2) is 9.97 Å². The highest BCUT2D eigenvalue weighted by atomic mass is 79.9. The van der Waals surface area contributed by atoms with Crippen LogP contribution >= 0.6 is 27.5 Å². The third kappa shape index (κ3) is 3.54. The summed E-state index contributed by atoms with van der Waals surface area (Å²) in [6.45, 7) is 2.83. The van der Waals surface area contributed by atoms with Gasteiger partial charge in [-0.2, -0.15) is 0 Å². The topological polar surface area (TPSA) is 59.8 Å². The van der Waals surface area contributed by atoms with E-state index in [1.807, 2.05) is 10.8 Å². The van der Waals surface area contributed by atoms with Crippen LogP contribution in [0.2, 0.25) is 5.15 Å². The molecule has 0 aliphatic carbocycles. The number of hydrogen-bond acceptors (Lipinski definition) is 3. The smallest absolute Gasteiger partial charge is 0.273 e. The molecule has 0 aromatic carbocycles. The SMILES string of the molecule is CCCn1cc(Br)cc1C(=O)Nc1cnc(Cl)cn1. The van der Waals surface area contributed by atoms with Crippen molar-refractivity contribution >= 4 is 39.3 Å². The van der Waals surface area contributed by atoms with E-state index in [1.165, 1.54) is 12.4 Å². The lowest BCUT2D eigenvalue weighted by Crippen LogP contribution is -2.17. The molecule has 0 radical (unpaired) electrons. The van der Waals surface area contributed by atoms with Crippen molar-refractivity contribution in [2.45, 2.75) is 19.9 Å². The number of nitrogens with zero attached hydrogens (tertiary/aromatic N) is 3. The molecule has 5 nitrogen and oxygen atoms in total. The van der Waals surface area contributed by atoms with E-state index in [-0.39, 0.29) is 11.1 Å². The van der Waals surface area contributed by atoms with Crippen LogP contribution in [0.3, 0.4) is 0 Å².